The van der Waals surface area contributed by atoms with E-state index in [9.17, 15) is 0 Å². The van der Waals surface area contributed by atoms with Gasteiger partial charge in [0.2, 0.25) is 0 Å². The van der Waals surface area contributed by atoms with Crippen molar-refractivity contribution >= 4 is 0 Å². The van der Waals surface area contributed by atoms with Crippen LogP contribution in [0.1, 0.15) is 59.6 Å². The fraction of sp³-hybridized carbons (Fsp3) is 0.296. The summed E-state index contributed by atoms with van der Waals surface area (Å²) in [6.45, 7) is 2.16. The van der Waals surface area contributed by atoms with Crippen molar-refractivity contribution in [3.8, 4) is 5.69 Å². The molecular weight excluding hydrogens is 394 g/mol. The van der Waals surface area contributed by atoms with E-state index in [0.717, 1.165) is 36.3 Å². The van der Waals surface area contributed by atoms with Crippen molar-refractivity contribution < 1.29 is 0 Å². The van der Waals surface area contributed by atoms with Crippen LogP contribution in [0.3, 0.4) is 0 Å². The first-order valence-corrected chi connectivity index (χ1v) is 11.4. The van der Waals surface area contributed by atoms with Crippen LogP contribution < -0.4 is 0 Å². The van der Waals surface area contributed by atoms with Gasteiger partial charge in [-0.1, -0.05) is 30.3 Å². The molecule has 32 heavy (non-hydrogen) atoms. The van der Waals surface area contributed by atoms with Crippen LogP contribution in [0, 0.1) is 6.92 Å². The summed E-state index contributed by atoms with van der Waals surface area (Å²) in [6, 6.07) is 21.6. The molecule has 0 bridgehead atoms. The lowest BCUT2D eigenvalue weighted by molar-refractivity contribution is 0.109. The van der Waals surface area contributed by atoms with Gasteiger partial charge in [-0.05, 0) is 74.7 Å². The van der Waals surface area contributed by atoms with Gasteiger partial charge in [-0.3, -0.25) is 14.9 Å². The summed E-state index contributed by atoms with van der Waals surface area (Å²) >= 11 is 0. The van der Waals surface area contributed by atoms with Crippen LogP contribution in [-0.2, 0) is 6.42 Å². The van der Waals surface area contributed by atoms with Crippen LogP contribution >= 0.6 is 0 Å². The number of rotatable bonds is 5. The number of hydrogen-bond donors (Lipinski definition) is 0. The number of aryl methyl sites for hydroxylation is 1. The maximum Gasteiger partial charge on any atom is 0.0681 e. The summed E-state index contributed by atoms with van der Waals surface area (Å²) in [4.78, 5) is 12.3. The van der Waals surface area contributed by atoms with Gasteiger partial charge in [0.15, 0.2) is 0 Å². The number of hydrogen-bond acceptors (Lipinski definition) is 4. The fourth-order valence-electron chi connectivity index (χ4n) is 4.93. The van der Waals surface area contributed by atoms with Crippen LogP contribution in [0.15, 0.2) is 79.3 Å². The average Bonchev–Trinajstić information content (AvgIpc) is 3.35. The van der Waals surface area contributed by atoms with Gasteiger partial charge in [0.05, 0.1) is 29.2 Å². The van der Waals surface area contributed by atoms with E-state index in [4.69, 9.17) is 9.97 Å². The zero-order valence-corrected chi connectivity index (χ0v) is 18.7. The van der Waals surface area contributed by atoms with Crippen LogP contribution in [0.5, 0.6) is 0 Å². The molecule has 0 N–H and O–H groups in total. The standard InChI is InChI=1S/C27H29N5/c1-20-9-7-16-28-27(20)26-15-6-14-25(31(26)2)23-12-5-11-22(30-23)19-21-10-3-4-13-24(21)32-18-8-17-29-32/h3-5,7-13,16-18,25-26H,6,14-15,19H2,1-2H3/t25-,26+/m1/s1. The van der Waals surface area contributed by atoms with Crippen molar-refractivity contribution in [2.75, 3.05) is 7.05 Å². The van der Waals surface area contributed by atoms with Gasteiger partial charge in [0.1, 0.15) is 0 Å². The van der Waals surface area contributed by atoms with Gasteiger partial charge < -0.3 is 0 Å². The van der Waals surface area contributed by atoms with Gasteiger partial charge >= 0.3 is 0 Å². The third-order valence-electron chi connectivity index (χ3n) is 6.59. The lowest BCUT2D eigenvalue weighted by Gasteiger charge is -2.39. The molecular formula is C27H29N5. The van der Waals surface area contributed by atoms with Crippen molar-refractivity contribution in [1.82, 2.24) is 24.6 Å². The van der Waals surface area contributed by atoms with Crippen molar-refractivity contribution in [2.45, 2.75) is 44.7 Å². The Morgan fingerprint density at radius 3 is 2.62 bits per heavy atom. The lowest BCUT2D eigenvalue weighted by atomic mass is 9.90. The molecule has 1 aliphatic heterocycles. The minimum atomic E-state index is 0.302. The SMILES string of the molecule is Cc1cccnc1[C@@H]1CCC[C@H](c2cccc(Cc3ccccc3-n3cccn3)n2)N1C. The van der Waals surface area contributed by atoms with E-state index in [0.29, 0.717) is 12.1 Å². The molecule has 0 radical (unpaired) electrons. The third-order valence-corrected chi connectivity index (χ3v) is 6.59. The predicted molar refractivity (Wildman–Crippen MR) is 127 cm³/mol. The first kappa shape index (κ1) is 20.6. The van der Waals surface area contributed by atoms with Crippen molar-refractivity contribution in [2.24, 2.45) is 0 Å². The lowest BCUT2D eigenvalue weighted by Crippen LogP contribution is -2.34. The number of para-hydroxylation sites is 1. The minimum absolute atomic E-state index is 0.302. The van der Waals surface area contributed by atoms with Crippen molar-refractivity contribution in [3.05, 3.63) is 107 Å². The summed E-state index contributed by atoms with van der Waals surface area (Å²) in [5.74, 6) is 0. The molecule has 1 aromatic carbocycles. The molecule has 2 atom stereocenters. The quantitative estimate of drug-likeness (QED) is 0.428. The fourth-order valence-corrected chi connectivity index (χ4v) is 4.93. The highest BCUT2D eigenvalue weighted by atomic mass is 15.3. The number of benzene rings is 1. The normalized spacial score (nSPS) is 19.2. The van der Waals surface area contributed by atoms with Crippen molar-refractivity contribution in [3.63, 3.8) is 0 Å². The molecule has 0 aliphatic carbocycles. The monoisotopic (exact) mass is 423 g/mol. The molecule has 0 saturated carbocycles. The average molecular weight is 424 g/mol. The maximum atomic E-state index is 5.12. The smallest absolute Gasteiger partial charge is 0.0681 e. The van der Waals surface area contributed by atoms with E-state index < -0.39 is 0 Å². The first-order valence-electron chi connectivity index (χ1n) is 11.4. The summed E-state index contributed by atoms with van der Waals surface area (Å²) in [5, 5.41) is 4.42. The van der Waals surface area contributed by atoms with E-state index in [1.165, 1.54) is 23.2 Å². The van der Waals surface area contributed by atoms with E-state index in [-0.39, 0.29) is 0 Å². The molecule has 0 unspecified atom stereocenters. The van der Waals surface area contributed by atoms with Gasteiger partial charge in [-0.25, -0.2) is 4.68 Å². The third kappa shape index (κ3) is 4.08. The van der Waals surface area contributed by atoms with Gasteiger partial charge in [-0.2, -0.15) is 5.10 Å². The molecule has 5 rings (SSSR count). The van der Waals surface area contributed by atoms with Crippen molar-refractivity contribution in [1.29, 1.82) is 0 Å². The molecule has 4 aromatic rings. The zero-order chi connectivity index (χ0) is 21.9. The number of piperidine rings is 1. The van der Waals surface area contributed by atoms with Gasteiger partial charge in [-0.15, -0.1) is 0 Å². The molecule has 3 aromatic heterocycles. The van der Waals surface area contributed by atoms with E-state index in [1.807, 2.05) is 35.4 Å². The van der Waals surface area contributed by atoms with Gasteiger partial charge in [0, 0.05) is 30.7 Å². The highest BCUT2D eigenvalue weighted by molar-refractivity contribution is 5.42. The Morgan fingerprint density at radius 2 is 1.78 bits per heavy atom. The first-order chi connectivity index (χ1) is 15.7. The second-order valence-corrected chi connectivity index (χ2v) is 8.64. The molecule has 1 aliphatic rings. The highest BCUT2D eigenvalue weighted by Crippen LogP contribution is 2.40. The summed E-state index contributed by atoms with van der Waals surface area (Å²) in [7, 11) is 2.23. The molecule has 5 nitrogen and oxygen atoms in total. The number of likely N-dealkylation sites (tertiary alicyclic amines) is 1. The number of aromatic nitrogens is 4. The molecule has 1 fully saturated rings. The Balaban J connectivity index is 1.41. The maximum absolute atomic E-state index is 5.12. The van der Waals surface area contributed by atoms with E-state index in [1.54, 1.807) is 0 Å². The number of pyridine rings is 2. The summed E-state index contributed by atoms with van der Waals surface area (Å²) in [6.07, 6.45) is 9.94. The number of nitrogens with zero attached hydrogens (tertiary/aromatic N) is 5. The minimum Gasteiger partial charge on any atom is -0.289 e. The van der Waals surface area contributed by atoms with Crippen LogP contribution in [-0.4, -0.2) is 31.7 Å². The molecule has 4 heterocycles. The van der Waals surface area contributed by atoms with E-state index >= 15 is 0 Å². The van der Waals surface area contributed by atoms with Crippen LogP contribution in [0.25, 0.3) is 5.69 Å². The molecule has 0 spiro atoms. The molecule has 1 saturated heterocycles. The van der Waals surface area contributed by atoms with E-state index in [2.05, 4.69) is 72.5 Å². The van der Waals surface area contributed by atoms with Crippen LogP contribution in [0.2, 0.25) is 0 Å². The Morgan fingerprint density at radius 1 is 0.906 bits per heavy atom. The Hall–Kier alpha value is -3.31. The Labute approximate surface area is 189 Å². The second kappa shape index (κ2) is 9.05. The summed E-state index contributed by atoms with van der Waals surface area (Å²) in [5.41, 5.74) is 7.03. The highest BCUT2D eigenvalue weighted by Gasteiger charge is 2.32. The zero-order valence-electron chi connectivity index (χ0n) is 18.7. The molecule has 5 heteroatoms. The largest absolute Gasteiger partial charge is 0.289 e. The summed E-state index contributed by atoms with van der Waals surface area (Å²) < 4.78 is 1.92. The topological polar surface area (TPSA) is 46.8 Å². The predicted octanol–water partition coefficient (Wildman–Crippen LogP) is 5.46. The molecule has 0 amide bonds. The molecule has 162 valence electrons. The Bertz CT molecular complexity index is 1180. The second-order valence-electron chi connectivity index (χ2n) is 8.64. The van der Waals surface area contributed by atoms with Gasteiger partial charge in [0.25, 0.3) is 0 Å². The Kier molecular flexibility index (Phi) is 5.82. The van der Waals surface area contributed by atoms with Crippen LogP contribution in [0.4, 0.5) is 0 Å².